The molecule has 0 aliphatic rings. The highest BCUT2D eigenvalue weighted by atomic mass is 35.5. The number of nitro groups is 1. The summed E-state index contributed by atoms with van der Waals surface area (Å²) in [7, 11) is 0. The van der Waals surface area contributed by atoms with Crippen molar-refractivity contribution in [2.45, 2.75) is 0 Å². The van der Waals surface area contributed by atoms with Gasteiger partial charge in [-0.25, -0.2) is 0 Å². The van der Waals surface area contributed by atoms with Crippen LogP contribution in [0.25, 0.3) is 0 Å². The minimum Gasteiger partial charge on any atom is -0.258 e. The topological polar surface area (TPSA) is 43.1 Å². The average molecular weight is 279 g/mol. The highest BCUT2D eigenvalue weighted by Crippen LogP contribution is 2.44. The molecule has 0 bridgehead atoms. The van der Waals surface area contributed by atoms with E-state index in [1.807, 2.05) is 0 Å². The van der Waals surface area contributed by atoms with Crippen LogP contribution in [0.4, 0.5) is 10.1 Å². The molecule has 0 aliphatic carbocycles. The zero-order valence-corrected chi connectivity index (χ0v) is 9.18. The molecule has 0 aliphatic heterocycles. The molecule has 0 atom stereocenters. The summed E-state index contributed by atoms with van der Waals surface area (Å²) in [4.78, 5) is 9.36. The molecule has 0 unspecified atom stereocenters. The Morgan fingerprint density at radius 3 is 1.86 bits per heavy atom. The van der Waals surface area contributed by atoms with E-state index < -0.39 is 26.5 Å². The second kappa shape index (κ2) is 4.06. The molecule has 0 radical (unpaired) electrons. The van der Waals surface area contributed by atoms with E-state index >= 15 is 0 Å². The quantitative estimate of drug-likeness (QED) is 0.332. The fourth-order valence-corrected chi connectivity index (χ4v) is 1.64. The molecule has 8 heteroatoms. The van der Waals surface area contributed by atoms with Crippen molar-refractivity contribution in [2.24, 2.45) is 0 Å². The predicted molar refractivity (Wildman–Crippen MR) is 53.1 cm³/mol. The van der Waals surface area contributed by atoms with E-state index in [1.165, 1.54) is 0 Å². The van der Waals surface area contributed by atoms with E-state index in [9.17, 15) is 14.5 Å². The van der Waals surface area contributed by atoms with Crippen LogP contribution < -0.4 is 0 Å². The van der Waals surface area contributed by atoms with Gasteiger partial charge in [0.2, 0.25) is 5.82 Å². The first-order valence-electron chi connectivity index (χ1n) is 3.03. The first kappa shape index (κ1) is 11.8. The summed E-state index contributed by atoms with van der Waals surface area (Å²) >= 11 is 21.7. The van der Waals surface area contributed by atoms with Crippen molar-refractivity contribution in [3.05, 3.63) is 36.0 Å². The van der Waals surface area contributed by atoms with Crippen molar-refractivity contribution in [3.8, 4) is 0 Å². The lowest BCUT2D eigenvalue weighted by Gasteiger charge is -2.04. The first-order valence-corrected chi connectivity index (χ1v) is 4.55. The Hall–Kier alpha value is -0.290. The van der Waals surface area contributed by atoms with E-state index in [4.69, 9.17) is 46.4 Å². The third-order valence-corrected chi connectivity index (χ3v) is 3.14. The number of benzene rings is 1. The van der Waals surface area contributed by atoms with Gasteiger partial charge in [0.25, 0.3) is 0 Å². The number of nitrogens with zero attached hydrogens (tertiary/aromatic N) is 1. The van der Waals surface area contributed by atoms with Gasteiger partial charge in [0.05, 0.1) is 15.0 Å². The summed E-state index contributed by atoms with van der Waals surface area (Å²) in [5.74, 6) is -1.30. The number of rotatable bonds is 1. The van der Waals surface area contributed by atoms with Gasteiger partial charge >= 0.3 is 5.69 Å². The molecule has 0 saturated heterocycles. The lowest BCUT2D eigenvalue weighted by Crippen LogP contribution is -1.96. The normalized spacial score (nSPS) is 10.4. The van der Waals surface area contributed by atoms with Crippen molar-refractivity contribution in [2.75, 3.05) is 0 Å². The van der Waals surface area contributed by atoms with Crippen LogP contribution in [0.15, 0.2) is 0 Å². The lowest BCUT2D eigenvalue weighted by atomic mass is 10.3. The van der Waals surface area contributed by atoms with Gasteiger partial charge in [-0.3, -0.25) is 10.1 Å². The number of hydrogen-bond donors (Lipinski definition) is 0. The molecular formula is C6Cl4FNO2. The van der Waals surface area contributed by atoms with Crippen molar-refractivity contribution < 1.29 is 9.31 Å². The monoisotopic (exact) mass is 277 g/mol. The van der Waals surface area contributed by atoms with Crippen LogP contribution >= 0.6 is 46.4 Å². The van der Waals surface area contributed by atoms with E-state index in [0.717, 1.165) is 0 Å². The van der Waals surface area contributed by atoms with Gasteiger partial charge < -0.3 is 0 Å². The Bertz CT molecular complexity index is 394. The standard InChI is InChI=1S/C6Cl4FNO2/c7-1-2(8)4(10)6(12(13)14)5(11)3(1)9. The molecule has 0 saturated carbocycles. The maximum Gasteiger partial charge on any atom is 0.326 e. The average Bonchev–Trinajstić information content (AvgIpc) is 2.11. The Kier molecular flexibility index (Phi) is 3.42. The third-order valence-electron chi connectivity index (χ3n) is 1.37. The summed E-state index contributed by atoms with van der Waals surface area (Å²) in [6.45, 7) is 0. The van der Waals surface area contributed by atoms with E-state index in [-0.39, 0.29) is 10.0 Å². The molecule has 3 nitrogen and oxygen atoms in total. The fourth-order valence-electron chi connectivity index (χ4n) is 0.754. The highest BCUT2D eigenvalue weighted by Gasteiger charge is 2.28. The minimum atomic E-state index is -1.30. The molecule has 1 aromatic carbocycles. The third kappa shape index (κ3) is 1.75. The van der Waals surface area contributed by atoms with Crippen molar-refractivity contribution in [1.82, 2.24) is 0 Å². The van der Waals surface area contributed by atoms with Gasteiger partial charge in [-0.15, -0.1) is 0 Å². The van der Waals surface area contributed by atoms with E-state index in [1.54, 1.807) is 0 Å². The maximum atomic E-state index is 13.2. The van der Waals surface area contributed by atoms with Gasteiger partial charge in [0.1, 0.15) is 10.0 Å². The van der Waals surface area contributed by atoms with Gasteiger partial charge in [0.15, 0.2) is 0 Å². The molecule has 0 spiro atoms. The Morgan fingerprint density at radius 1 is 1.00 bits per heavy atom. The highest BCUT2D eigenvalue weighted by molar-refractivity contribution is 6.52. The number of halogens is 5. The van der Waals surface area contributed by atoms with Crippen LogP contribution in [-0.2, 0) is 0 Å². The van der Waals surface area contributed by atoms with Crippen molar-refractivity contribution in [3.63, 3.8) is 0 Å². The molecule has 14 heavy (non-hydrogen) atoms. The molecular weight excluding hydrogens is 279 g/mol. The van der Waals surface area contributed by atoms with Crippen molar-refractivity contribution in [1.29, 1.82) is 0 Å². The van der Waals surface area contributed by atoms with E-state index in [0.29, 0.717) is 0 Å². The number of hydrogen-bond acceptors (Lipinski definition) is 2. The van der Waals surface area contributed by atoms with Crippen LogP contribution in [0.1, 0.15) is 0 Å². The van der Waals surface area contributed by atoms with Gasteiger partial charge in [0, 0.05) is 0 Å². The SMILES string of the molecule is O=[N+]([O-])c1c(F)c(Cl)c(Cl)c(Cl)c1Cl. The summed E-state index contributed by atoms with van der Waals surface area (Å²) in [6, 6.07) is 0. The molecule has 1 aromatic rings. The smallest absolute Gasteiger partial charge is 0.258 e. The minimum absolute atomic E-state index is 0.341. The summed E-state index contributed by atoms with van der Waals surface area (Å²) in [5, 5.41) is 8.51. The fraction of sp³-hybridized carbons (Fsp3) is 0. The molecule has 0 amide bonds. The number of nitro benzene ring substituents is 1. The molecule has 0 heterocycles. The van der Waals surface area contributed by atoms with Crippen LogP contribution in [0.3, 0.4) is 0 Å². The van der Waals surface area contributed by atoms with Crippen molar-refractivity contribution >= 4 is 52.1 Å². The molecule has 0 aromatic heterocycles. The predicted octanol–water partition coefficient (Wildman–Crippen LogP) is 4.35. The second-order valence-electron chi connectivity index (χ2n) is 2.18. The summed E-state index contributed by atoms with van der Waals surface area (Å²) < 4.78 is 13.2. The zero-order chi connectivity index (χ0) is 11.0. The lowest BCUT2D eigenvalue weighted by molar-refractivity contribution is -0.387. The van der Waals surface area contributed by atoms with Crippen LogP contribution in [0, 0.1) is 15.9 Å². The zero-order valence-electron chi connectivity index (χ0n) is 6.15. The van der Waals surface area contributed by atoms with E-state index in [2.05, 4.69) is 0 Å². The van der Waals surface area contributed by atoms with Crippen LogP contribution in [-0.4, -0.2) is 4.92 Å². The molecule has 1 rings (SSSR count). The second-order valence-corrected chi connectivity index (χ2v) is 3.69. The molecule has 0 N–H and O–H groups in total. The van der Waals surface area contributed by atoms with Gasteiger partial charge in [-0.1, -0.05) is 46.4 Å². The van der Waals surface area contributed by atoms with Crippen LogP contribution in [0.2, 0.25) is 20.1 Å². The first-order chi connectivity index (χ1) is 6.37. The molecule has 0 fully saturated rings. The van der Waals surface area contributed by atoms with Gasteiger partial charge in [-0.05, 0) is 0 Å². The summed E-state index contributed by atoms with van der Waals surface area (Å²) in [6.07, 6.45) is 0. The molecule has 76 valence electrons. The maximum absolute atomic E-state index is 13.2. The summed E-state index contributed by atoms with van der Waals surface area (Å²) in [5.41, 5.74) is -0.980. The largest absolute Gasteiger partial charge is 0.326 e. The van der Waals surface area contributed by atoms with Crippen LogP contribution in [0.5, 0.6) is 0 Å². The Balaban J connectivity index is 3.68. The Morgan fingerprint density at radius 2 is 1.43 bits per heavy atom. The Labute approximate surface area is 97.5 Å². The van der Waals surface area contributed by atoms with Gasteiger partial charge in [-0.2, -0.15) is 4.39 Å².